The molecule has 2 nitrogen and oxygen atoms in total. The van der Waals surface area contributed by atoms with Gasteiger partial charge in [0, 0.05) is 19.4 Å². The fourth-order valence-electron chi connectivity index (χ4n) is 2.58. The van der Waals surface area contributed by atoms with Crippen LogP contribution in [0.5, 0.6) is 0 Å². The van der Waals surface area contributed by atoms with Gasteiger partial charge in [-0.15, -0.1) is 0 Å². The molecule has 1 unspecified atom stereocenters. The summed E-state index contributed by atoms with van der Waals surface area (Å²) >= 11 is 0. The Morgan fingerprint density at radius 3 is 2.17 bits per heavy atom. The van der Waals surface area contributed by atoms with Crippen molar-refractivity contribution < 1.29 is 17.6 Å². The SMILES string of the molecule is CC.CF.CNC1CC(F)(F)CCN1c1c(C)ccc(C)c1F. The Kier molecular flexibility index (Phi) is 9.20. The fraction of sp³-hybridized carbons (Fsp3) is 0.647. The van der Waals surface area contributed by atoms with Gasteiger partial charge in [0.2, 0.25) is 0 Å². The van der Waals surface area contributed by atoms with E-state index < -0.39 is 12.1 Å². The van der Waals surface area contributed by atoms with Crippen molar-refractivity contribution in [2.75, 3.05) is 25.7 Å². The van der Waals surface area contributed by atoms with Crippen LogP contribution >= 0.6 is 0 Å². The van der Waals surface area contributed by atoms with Gasteiger partial charge in [0.25, 0.3) is 5.92 Å². The summed E-state index contributed by atoms with van der Waals surface area (Å²) in [7, 11) is 2.13. The van der Waals surface area contributed by atoms with E-state index in [1.807, 2.05) is 19.9 Å². The van der Waals surface area contributed by atoms with Gasteiger partial charge in [-0.3, -0.25) is 4.39 Å². The van der Waals surface area contributed by atoms with Crippen LogP contribution in [0.4, 0.5) is 23.2 Å². The number of hydrogen-bond acceptors (Lipinski definition) is 2. The minimum atomic E-state index is -2.68. The van der Waals surface area contributed by atoms with Crippen LogP contribution in [0.25, 0.3) is 0 Å². The Hall–Kier alpha value is -1.30. The van der Waals surface area contributed by atoms with E-state index in [-0.39, 0.29) is 25.2 Å². The van der Waals surface area contributed by atoms with Crippen molar-refractivity contribution in [3.8, 4) is 0 Å². The van der Waals surface area contributed by atoms with Gasteiger partial charge in [-0.1, -0.05) is 26.0 Å². The van der Waals surface area contributed by atoms with Crippen LogP contribution in [0.1, 0.15) is 37.8 Å². The van der Waals surface area contributed by atoms with Crippen molar-refractivity contribution in [2.45, 2.75) is 52.6 Å². The summed E-state index contributed by atoms with van der Waals surface area (Å²) in [5, 5.41) is 2.86. The monoisotopic (exact) mass is 336 g/mol. The van der Waals surface area contributed by atoms with E-state index in [0.717, 1.165) is 5.56 Å². The molecule has 1 atom stereocenters. The molecule has 0 amide bonds. The van der Waals surface area contributed by atoms with Crippen LogP contribution in [0, 0.1) is 19.7 Å². The highest BCUT2D eigenvalue weighted by molar-refractivity contribution is 5.57. The first-order valence-electron chi connectivity index (χ1n) is 7.81. The van der Waals surface area contributed by atoms with Crippen molar-refractivity contribution in [1.82, 2.24) is 5.32 Å². The van der Waals surface area contributed by atoms with Gasteiger partial charge in [-0.05, 0) is 32.0 Å². The first-order valence-corrected chi connectivity index (χ1v) is 7.81. The molecular formula is C17H28F4N2. The minimum Gasteiger partial charge on any atom is -0.353 e. The van der Waals surface area contributed by atoms with E-state index in [2.05, 4.69) is 5.32 Å². The Morgan fingerprint density at radius 2 is 1.65 bits per heavy atom. The minimum absolute atomic E-state index is 0.153. The fourth-order valence-corrected chi connectivity index (χ4v) is 2.58. The van der Waals surface area contributed by atoms with Crippen LogP contribution in [0.15, 0.2) is 12.1 Å². The van der Waals surface area contributed by atoms with Crippen LogP contribution in [0.3, 0.4) is 0 Å². The molecule has 0 radical (unpaired) electrons. The maximum atomic E-state index is 14.3. The second kappa shape index (κ2) is 9.75. The van der Waals surface area contributed by atoms with Crippen LogP contribution in [-0.4, -0.2) is 32.9 Å². The number of benzene rings is 1. The van der Waals surface area contributed by atoms with Gasteiger partial charge >= 0.3 is 0 Å². The van der Waals surface area contributed by atoms with Gasteiger partial charge in [0.05, 0.1) is 19.0 Å². The number of piperidine rings is 1. The number of nitrogens with one attached hydrogen (secondary N) is 1. The smallest absolute Gasteiger partial charge is 0.253 e. The molecule has 1 fully saturated rings. The predicted molar refractivity (Wildman–Crippen MR) is 88.6 cm³/mol. The summed E-state index contributed by atoms with van der Waals surface area (Å²) in [6.07, 6.45) is -1.08. The van der Waals surface area contributed by atoms with Crippen molar-refractivity contribution in [3.63, 3.8) is 0 Å². The van der Waals surface area contributed by atoms with E-state index in [1.165, 1.54) is 0 Å². The molecule has 23 heavy (non-hydrogen) atoms. The number of nitrogens with zero attached hydrogens (tertiary/aromatic N) is 1. The molecular weight excluding hydrogens is 308 g/mol. The predicted octanol–water partition coefficient (Wildman–Crippen LogP) is 4.84. The Balaban J connectivity index is 0.00000112. The highest BCUT2D eigenvalue weighted by Crippen LogP contribution is 2.36. The molecule has 0 aliphatic carbocycles. The maximum absolute atomic E-state index is 14.3. The summed E-state index contributed by atoms with van der Waals surface area (Å²) in [5.41, 5.74) is 1.75. The molecule has 6 heteroatoms. The quantitative estimate of drug-likeness (QED) is 0.778. The van der Waals surface area contributed by atoms with E-state index >= 15 is 0 Å². The summed E-state index contributed by atoms with van der Waals surface area (Å²) < 4.78 is 50.7. The van der Waals surface area contributed by atoms with E-state index in [0.29, 0.717) is 18.4 Å². The number of rotatable bonds is 2. The molecule has 0 spiro atoms. The van der Waals surface area contributed by atoms with Crippen LogP contribution < -0.4 is 10.2 Å². The van der Waals surface area contributed by atoms with E-state index in [9.17, 15) is 17.6 Å². The lowest BCUT2D eigenvalue weighted by atomic mass is 10.0. The third-order valence-corrected chi connectivity index (χ3v) is 3.72. The number of alkyl halides is 3. The molecule has 1 heterocycles. The van der Waals surface area contributed by atoms with Crippen LogP contribution in [-0.2, 0) is 0 Å². The van der Waals surface area contributed by atoms with Crippen molar-refractivity contribution >= 4 is 5.69 Å². The molecule has 0 saturated carbocycles. The molecule has 1 aromatic carbocycles. The molecule has 2 rings (SSSR count). The number of halogens is 4. The normalized spacial score (nSPS) is 19.2. The van der Waals surface area contributed by atoms with Gasteiger partial charge in [0.15, 0.2) is 0 Å². The van der Waals surface area contributed by atoms with Gasteiger partial charge in [0.1, 0.15) is 5.82 Å². The first-order chi connectivity index (χ1) is 10.9. The molecule has 1 saturated heterocycles. The molecule has 0 aromatic heterocycles. The van der Waals surface area contributed by atoms with Crippen molar-refractivity contribution in [1.29, 1.82) is 0 Å². The zero-order valence-corrected chi connectivity index (χ0v) is 14.8. The van der Waals surface area contributed by atoms with E-state index in [1.54, 1.807) is 31.9 Å². The van der Waals surface area contributed by atoms with Gasteiger partial charge < -0.3 is 10.2 Å². The second-order valence-electron chi connectivity index (χ2n) is 5.17. The highest BCUT2D eigenvalue weighted by atomic mass is 19.3. The lowest BCUT2D eigenvalue weighted by Crippen LogP contribution is -2.53. The summed E-state index contributed by atoms with van der Waals surface area (Å²) in [6.45, 7) is 7.64. The highest BCUT2D eigenvalue weighted by Gasteiger charge is 2.40. The first kappa shape index (κ1) is 21.7. The summed E-state index contributed by atoms with van der Waals surface area (Å²) in [4.78, 5) is 1.72. The standard InChI is InChI=1S/C14H19F3N2.C2H6.CH3F/c1-9-4-5-10(2)13(12(9)15)19-7-6-14(16,17)8-11(19)18-3;2*1-2/h4-5,11,18H,6-8H2,1-3H3;1-2H3;1H3. The Labute approximate surface area is 136 Å². The summed E-state index contributed by atoms with van der Waals surface area (Å²) in [5.74, 6) is -3.00. The average molecular weight is 336 g/mol. The van der Waals surface area contributed by atoms with Crippen molar-refractivity contribution in [3.05, 3.63) is 29.1 Å². The van der Waals surface area contributed by atoms with E-state index in [4.69, 9.17) is 0 Å². The topological polar surface area (TPSA) is 15.3 Å². The molecule has 0 bridgehead atoms. The lowest BCUT2D eigenvalue weighted by molar-refractivity contribution is -0.0367. The number of hydrogen-bond donors (Lipinski definition) is 1. The third kappa shape index (κ3) is 5.37. The maximum Gasteiger partial charge on any atom is 0.253 e. The molecule has 1 aliphatic heterocycles. The zero-order chi connectivity index (χ0) is 18.2. The largest absolute Gasteiger partial charge is 0.353 e. The molecule has 134 valence electrons. The molecule has 1 N–H and O–H groups in total. The number of anilines is 1. The second-order valence-corrected chi connectivity index (χ2v) is 5.17. The zero-order valence-electron chi connectivity index (χ0n) is 14.8. The Morgan fingerprint density at radius 1 is 1.13 bits per heavy atom. The third-order valence-electron chi connectivity index (χ3n) is 3.72. The average Bonchev–Trinajstić information content (AvgIpc) is 2.56. The van der Waals surface area contributed by atoms with Gasteiger partial charge in [-0.25, -0.2) is 13.2 Å². The lowest BCUT2D eigenvalue weighted by Gasteiger charge is -2.41. The Bertz CT molecular complexity index is 478. The van der Waals surface area contributed by atoms with Gasteiger partial charge in [-0.2, -0.15) is 0 Å². The van der Waals surface area contributed by atoms with Crippen LogP contribution in [0.2, 0.25) is 0 Å². The molecule has 1 aliphatic rings. The summed E-state index contributed by atoms with van der Waals surface area (Å²) in [6, 6.07) is 3.54. The number of aryl methyl sites for hydroxylation is 2. The van der Waals surface area contributed by atoms with Crippen molar-refractivity contribution in [2.24, 2.45) is 0 Å². The molecule has 1 aromatic rings.